The monoisotopic (exact) mass is 518 g/mol. The zero-order valence-electron chi connectivity index (χ0n) is 10.8. The molecule has 0 amide bonds. The highest BCUT2D eigenvalue weighted by Crippen LogP contribution is 2.55. The topological polar surface area (TPSA) is 0 Å². The molecule has 0 N–H and O–H groups in total. The van der Waals surface area contributed by atoms with Crippen molar-refractivity contribution in [3.8, 4) is 0 Å². The van der Waals surface area contributed by atoms with Gasteiger partial charge in [0, 0.05) is 21.5 Å². The normalized spacial score (nSPS) is 11.8. The molecule has 0 spiro atoms. The highest BCUT2D eigenvalue weighted by atomic mass is 35.5. The summed E-state index contributed by atoms with van der Waals surface area (Å²) >= 11 is 62.6. The van der Waals surface area contributed by atoms with E-state index >= 15 is 0 Å². The molecule has 0 aromatic heterocycles. The Kier molecular flexibility index (Phi) is 5.71. The van der Waals surface area contributed by atoms with Crippen LogP contribution in [0.25, 0.3) is 21.5 Å². The molecule has 0 nitrogen and oxygen atoms in total. The Morgan fingerprint density at radius 3 is 0.625 bits per heavy atom. The number of benzene rings is 3. The van der Waals surface area contributed by atoms with Crippen molar-refractivity contribution in [3.05, 3.63) is 50.2 Å². The van der Waals surface area contributed by atoms with Gasteiger partial charge in [-0.05, 0) is 0 Å². The molecule has 3 aromatic carbocycles. The summed E-state index contributed by atoms with van der Waals surface area (Å²) in [5.41, 5.74) is 0. The Morgan fingerprint density at radius 2 is 0.375 bits per heavy atom. The second kappa shape index (κ2) is 6.91. The van der Waals surface area contributed by atoms with Crippen LogP contribution in [-0.2, 0) is 0 Å². The predicted molar refractivity (Wildman–Crippen MR) is 112 cm³/mol. The van der Waals surface area contributed by atoms with E-state index in [1.54, 1.807) is 0 Å². The van der Waals surface area contributed by atoms with Crippen molar-refractivity contribution in [1.29, 1.82) is 0 Å². The third-order valence-corrected chi connectivity index (χ3v) is 7.87. The Labute approximate surface area is 186 Å². The van der Waals surface area contributed by atoms with Crippen LogP contribution in [0.3, 0.4) is 0 Å². The fraction of sp³-hybridized carbons (Fsp3) is 0. The van der Waals surface area contributed by atoms with Gasteiger partial charge >= 0.3 is 0 Å². The second-order valence-electron chi connectivity index (χ2n) is 4.64. The quantitative estimate of drug-likeness (QED) is 0.156. The Hall–Kier alpha value is 1.08. The van der Waals surface area contributed by atoms with Crippen molar-refractivity contribution in [2.75, 3.05) is 0 Å². The highest BCUT2D eigenvalue weighted by Gasteiger charge is 2.27. The third-order valence-electron chi connectivity index (χ3n) is 3.42. The zero-order valence-corrected chi connectivity index (χ0v) is 18.3. The Bertz CT molecular complexity index is 969. The molecule has 0 saturated carbocycles. The predicted octanol–water partition coefficient (Wildman–Crippen LogP) is 10.5. The van der Waals surface area contributed by atoms with Gasteiger partial charge in [-0.2, -0.15) is 0 Å². The number of hydrogen-bond acceptors (Lipinski definition) is 0. The van der Waals surface area contributed by atoms with E-state index in [-0.39, 0.29) is 61.0 Å². The lowest BCUT2D eigenvalue weighted by Gasteiger charge is -2.18. The molecule has 0 saturated heterocycles. The smallest absolute Gasteiger partial charge is 0.0800 e. The first-order valence-electron chi connectivity index (χ1n) is 5.89. The van der Waals surface area contributed by atoms with Crippen molar-refractivity contribution in [2.45, 2.75) is 0 Å². The molecule has 0 unspecified atom stereocenters. The molecule has 0 fully saturated rings. The lowest BCUT2D eigenvalue weighted by atomic mass is 10.0. The number of rotatable bonds is 0. The minimum Gasteiger partial charge on any atom is -0.0819 e. The molecule has 0 aliphatic rings. The van der Waals surface area contributed by atoms with Crippen molar-refractivity contribution < 1.29 is 0 Å². The molecule has 10 heteroatoms. The van der Waals surface area contributed by atoms with Crippen LogP contribution < -0.4 is 0 Å². The summed E-state index contributed by atoms with van der Waals surface area (Å²) in [5.74, 6) is 0. The summed E-state index contributed by atoms with van der Waals surface area (Å²) in [6, 6.07) is 0. The number of hydrogen-bond donors (Lipinski definition) is 0. The van der Waals surface area contributed by atoms with Gasteiger partial charge in [-0.15, -0.1) is 0 Å². The summed E-state index contributed by atoms with van der Waals surface area (Å²) in [6.07, 6.45) is 0. The fourth-order valence-corrected chi connectivity index (χ4v) is 5.11. The first-order valence-corrected chi connectivity index (χ1v) is 9.67. The van der Waals surface area contributed by atoms with Crippen LogP contribution >= 0.6 is 116 Å². The molecular weight excluding hydrogens is 523 g/mol. The lowest BCUT2D eigenvalue weighted by molar-refractivity contribution is 1.74. The zero-order chi connectivity index (χ0) is 18.1. The van der Waals surface area contributed by atoms with Gasteiger partial charge in [-0.1, -0.05) is 116 Å². The van der Waals surface area contributed by atoms with Gasteiger partial charge in [0.25, 0.3) is 0 Å². The van der Waals surface area contributed by atoms with E-state index in [1.807, 2.05) is 0 Å². The van der Waals surface area contributed by atoms with Crippen molar-refractivity contribution in [2.24, 2.45) is 0 Å². The van der Waals surface area contributed by atoms with Crippen LogP contribution in [0, 0.1) is 0 Å². The maximum atomic E-state index is 6.37. The lowest BCUT2D eigenvalue weighted by Crippen LogP contribution is -1.91. The average Bonchev–Trinajstić information content (AvgIpc) is 2.56. The first kappa shape index (κ1) is 19.8. The van der Waals surface area contributed by atoms with Crippen molar-refractivity contribution in [1.82, 2.24) is 0 Å². The van der Waals surface area contributed by atoms with E-state index in [1.165, 1.54) is 0 Å². The molecule has 24 heavy (non-hydrogen) atoms. The number of halogens is 10. The minimum atomic E-state index is 0.0359. The maximum absolute atomic E-state index is 6.37. The molecule has 3 aromatic rings. The fourth-order valence-electron chi connectivity index (χ4n) is 2.36. The summed E-state index contributed by atoms with van der Waals surface area (Å²) in [4.78, 5) is 0. The van der Waals surface area contributed by atoms with Gasteiger partial charge in [0.05, 0.1) is 50.2 Å². The van der Waals surface area contributed by atoms with E-state index in [0.717, 1.165) is 0 Å². The van der Waals surface area contributed by atoms with Crippen LogP contribution in [0.2, 0.25) is 50.2 Å². The summed E-state index contributed by atoms with van der Waals surface area (Å²) in [5, 5.41) is 1.86. The summed E-state index contributed by atoms with van der Waals surface area (Å²) < 4.78 is 0. The van der Waals surface area contributed by atoms with Crippen LogP contribution in [0.15, 0.2) is 0 Å². The molecule has 0 heterocycles. The largest absolute Gasteiger partial charge is 0.0819 e. The Morgan fingerprint density at radius 1 is 0.208 bits per heavy atom. The van der Waals surface area contributed by atoms with Gasteiger partial charge in [-0.25, -0.2) is 0 Å². The van der Waals surface area contributed by atoms with E-state index in [4.69, 9.17) is 116 Å². The molecule has 3 rings (SSSR count). The standard InChI is InChI=1S/C14Cl10/c15-5-1-2-4(10(20)14(24)12(22)6(2)16)8(18)7(17)3(1)9(19)13(23)11(5)21. The van der Waals surface area contributed by atoms with E-state index < -0.39 is 0 Å². The minimum absolute atomic E-state index is 0.0359. The SMILES string of the molecule is Clc1c(Cl)c(Cl)c2c(c1Cl)c(Cl)c(Cl)c1c(Cl)c(Cl)c(Cl)c(Cl)c12. The van der Waals surface area contributed by atoms with E-state index in [2.05, 4.69) is 0 Å². The van der Waals surface area contributed by atoms with Crippen molar-refractivity contribution in [3.63, 3.8) is 0 Å². The highest BCUT2D eigenvalue weighted by molar-refractivity contribution is 6.63. The van der Waals surface area contributed by atoms with Gasteiger partial charge in [0.15, 0.2) is 0 Å². The van der Waals surface area contributed by atoms with Crippen LogP contribution in [0.5, 0.6) is 0 Å². The molecule has 0 aliphatic heterocycles. The molecule has 0 aliphatic carbocycles. The van der Waals surface area contributed by atoms with Gasteiger partial charge < -0.3 is 0 Å². The van der Waals surface area contributed by atoms with Crippen molar-refractivity contribution >= 4 is 138 Å². The Balaban J connectivity index is 2.87. The average molecular weight is 523 g/mol. The molecule has 0 bridgehead atoms. The molecule has 0 radical (unpaired) electrons. The van der Waals surface area contributed by atoms with Gasteiger partial charge in [-0.3, -0.25) is 0 Å². The van der Waals surface area contributed by atoms with Gasteiger partial charge in [0.2, 0.25) is 0 Å². The number of fused-ring (bicyclic) bond motifs is 3. The molecule has 0 atom stereocenters. The summed E-state index contributed by atoms with van der Waals surface area (Å²) in [7, 11) is 0. The van der Waals surface area contributed by atoms with Crippen LogP contribution in [0.1, 0.15) is 0 Å². The van der Waals surface area contributed by atoms with Crippen LogP contribution in [0.4, 0.5) is 0 Å². The van der Waals surface area contributed by atoms with Gasteiger partial charge in [0.1, 0.15) is 0 Å². The summed E-state index contributed by atoms with van der Waals surface area (Å²) in [6.45, 7) is 0. The molecule has 126 valence electrons. The third kappa shape index (κ3) is 2.66. The second-order valence-corrected chi connectivity index (χ2v) is 8.42. The maximum Gasteiger partial charge on any atom is 0.0800 e. The first-order chi connectivity index (χ1) is 11.1. The molecular formula is C14Cl10. The van der Waals surface area contributed by atoms with Crippen LogP contribution in [-0.4, -0.2) is 0 Å². The van der Waals surface area contributed by atoms with E-state index in [9.17, 15) is 0 Å². The van der Waals surface area contributed by atoms with E-state index in [0.29, 0.717) is 10.8 Å².